The Morgan fingerprint density at radius 1 is 0.882 bits per heavy atom. The van der Waals surface area contributed by atoms with E-state index in [0.29, 0.717) is 0 Å². The molecule has 0 saturated heterocycles. The first-order valence-electron chi connectivity index (χ1n) is 5.30. The van der Waals surface area contributed by atoms with Crippen molar-refractivity contribution in [3.8, 4) is 0 Å². The minimum Gasteiger partial charge on any atom is -0.338 e. The molecule has 0 saturated carbocycles. The monoisotopic (exact) mass is 222 g/mol. The second-order valence-corrected chi connectivity index (χ2v) is 3.59. The molecule has 4 heteroatoms. The van der Waals surface area contributed by atoms with E-state index in [4.69, 9.17) is 0 Å². The molecule has 1 aromatic carbocycles. The maximum Gasteiger partial charge on any atom is 0.148 e. The van der Waals surface area contributed by atoms with E-state index in [0.717, 1.165) is 22.4 Å². The molecule has 3 aromatic rings. The summed E-state index contributed by atoms with van der Waals surface area (Å²) in [6.07, 6.45) is 6.78. The SMILES string of the molecule is c1cc(Nc2cnccn2)c2cccnc2c1. The minimum atomic E-state index is 0.726. The fourth-order valence-corrected chi connectivity index (χ4v) is 1.71. The molecule has 0 bridgehead atoms. The lowest BCUT2D eigenvalue weighted by molar-refractivity contribution is 1.20. The Bertz CT molecular complexity index is 632. The maximum atomic E-state index is 4.31. The zero-order valence-electron chi connectivity index (χ0n) is 9.04. The van der Waals surface area contributed by atoms with Gasteiger partial charge in [0.1, 0.15) is 5.82 Å². The van der Waals surface area contributed by atoms with Crippen molar-refractivity contribution in [1.82, 2.24) is 15.0 Å². The second kappa shape index (κ2) is 4.17. The highest BCUT2D eigenvalue weighted by molar-refractivity contribution is 5.92. The Labute approximate surface area is 98.4 Å². The highest BCUT2D eigenvalue weighted by atomic mass is 15.0. The predicted octanol–water partition coefficient (Wildman–Crippen LogP) is 2.77. The third kappa shape index (κ3) is 1.92. The normalized spacial score (nSPS) is 10.4. The van der Waals surface area contributed by atoms with Gasteiger partial charge in [-0.2, -0.15) is 0 Å². The summed E-state index contributed by atoms with van der Waals surface area (Å²) in [6, 6.07) is 9.90. The van der Waals surface area contributed by atoms with Crippen molar-refractivity contribution < 1.29 is 0 Å². The fraction of sp³-hybridized carbons (Fsp3) is 0. The van der Waals surface area contributed by atoms with Crippen molar-refractivity contribution in [3.05, 3.63) is 55.1 Å². The molecule has 3 rings (SSSR count). The maximum absolute atomic E-state index is 4.31. The van der Waals surface area contributed by atoms with Gasteiger partial charge in [-0.25, -0.2) is 4.98 Å². The molecule has 2 aromatic heterocycles. The quantitative estimate of drug-likeness (QED) is 0.724. The van der Waals surface area contributed by atoms with Crippen LogP contribution in [0.1, 0.15) is 0 Å². The summed E-state index contributed by atoms with van der Waals surface area (Å²) >= 11 is 0. The van der Waals surface area contributed by atoms with Crippen LogP contribution in [0.2, 0.25) is 0 Å². The number of nitrogens with zero attached hydrogens (tertiary/aromatic N) is 3. The van der Waals surface area contributed by atoms with Crippen molar-refractivity contribution in [3.63, 3.8) is 0 Å². The van der Waals surface area contributed by atoms with E-state index in [1.807, 2.05) is 30.3 Å². The van der Waals surface area contributed by atoms with Gasteiger partial charge in [0, 0.05) is 29.7 Å². The topological polar surface area (TPSA) is 50.7 Å². The van der Waals surface area contributed by atoms with Crippen molar-refractivity contribution in [1.29, 1.82) is 0 Å². The van der Waals surface area contributed by atoms with E-state index >= 15 is 0 Å². The van der Waals surface area contributed by atoms with Crippen LogP contribution < -0.4 is 5.32 Å². The molecule has 0 aliphatic carbocycles. The highest BCUT2D eigenvalue weighted by Gasteiger charge is 2.01. The molecule has 0 spiro atoms. The van der Waals surface area contributed by atoms with Crippen LogP contribution in [0.15, 0.2) is 55.1 Å². The van der Waals surface area contributed by atoms with Gasteiger partial charge in [0.05, 0.1) is 11.7 Å². The van der Waals surface area contributed by atoms with Gasteiger partial charge in [0.2, 0.25) is 0 Å². The van der Waals surface area contributed by atoms with E-state index in [1.165, 1.54) is 0 Å². The Balaban J connectivity index is 2.06. The van der Waals surface area contributed by atoms with Crippen LogP contribution in [0.5, 0.6) is 0 Å². The Morgan fingerprint density at radius 2 is 1.88 bits per heavy atom. The number of rotatable bonds is 2. The lowest BCUT2D eigenvalue weighted by atomic mass is 10.2. The Hall–Kier alpha value is -2.49. The third-order valence-corrected chi connectivity index (χ3v) is 2.47. The number of anilines is 2. The van der Waals surface area contributed by atoms with E-state index in [1.54, 1.807) is 24.8 Å². The van der Waals surface area contributed by atoms with Gasteiger partial charge in [-0.15, -0.1) is 0 Å². The molecule has 17 heavy (non-hydrogen) atoms. The smallest absolute Gasteiger partial charge is 0.148 e. The molecule has 0 fully saturated rings. The van der Waals surface area contributed by atoms with Gasteiger partial charge < -0.3 is 5.32 Å². The molecule has 0 unspecified atom stereocenters. The van der Waals surface area contributed by atoms with Gasteiger partial charge >= 0.3 is 0 Å². The highest BCUT2D eigenvalue weighted by Crippen LogP contribution is 2.23. The second-order valence-electron chi connectivity index (χ2n) is 3.59. The molecular weight excluding hydrogens is 212 g/mol. The largest absolute Gasteiger partial charge is 0.338 e. The Morgan fingerprint density at radius 3 is 2.76 bits per heavy atom. The van der Waals surface area contributed by atoms with Crippen LogP contribution in [0.4, 0.5) is 11.5 Å². The first-order chi connectivity index (χ1) is 8.43. The van der Waals surface area contributed by atoms with Crippen molar-refractivity contribution in [2.75, 3.05) is 5.32 Å². The van der Waals surface area contributed by atoms with Gasteiger partial charge in [-0.05, 0) is 24.3 Å². The van der Waals surface area contributed by atoms with Gasteiger partial charge in [-0.3, -0.25) is 9.97 Å². The van der Waals surface area contributed by atoms with Crippen LogP contribution >= 0.6 is 0 Å². The van der Waals surface area contributed by atoms with Gasteiger partial charge in [0.15, 0.2) is 0 Å². The molecule has 0 radical (unpaired) electrons. The molecule has 0 amide bonds. The number of hydrogen-bond acceptors (Lipinski definition) is 4. The predicted molar refractivity (Wildman–Crippen MR) is 67.1 cm³/mol. The number of hydrogen-bond donors (Lipinski definition) is 1. The average Bonchev–Trinajstić information content (AvgIpc) is 2.40. The molecule has 82 valence electrons. The molecule has 0 atom stereocenters. The molecule has 1 N–H and O–H groups in total. The van der Waals surface area contributed by atoms with E-state index < -0.39 is 0 Å². The van der Waals surface area contributed by atoms with Crippen LogP contribution in [0.3, 0.4) is 0 Å². The summed E-state index contributed by atoms with van der Waals surface area (Å²) < 4.78 is 0. The molecule has 0 aliphatic heterocycles. The summed E-state index contributed by atoms with van der Waals surface area (Å²) in [6.45, 7) is 0. The lowest BCUT2D eigenvalue weighted by Crippen LogP contribution is -1.94. The van der Waals surface area contributed by atoms with Crippen LogP contribution in [-0.4, -0.2) is 15.0 Å². The number of fused-ring (bicyclic) bond motifs is 1. The fourth-order valence-electron chi connectivity index (χ4n) is 1.71. The van der Waals surface area contributed by atoms with Crippen LogP contribution in [0.25, 0.3) is 10.9 Å². The van der Waals surface area contributed by atoms with E-state index in [2.05, 4.69) is 20.3 Å². The number of pyridine rings is 1. The standard InChI is InChI=1S/C13H10N4/c1-4-11-10(3-2-6-15-11)12(5-1)17-13-9-14-7-8-16-13/h1-9H,(H,16,17). The molecule has 4 nitrogen and oxygen atoms in total. The van der Waals surface area contributed by atoms with Crippen molar-refractivity contribution in [2.45, 2.75) is 0 Å². The van der Waals surface area contributed by atoms with E-state index in [-0.39, 0.29) is 0 Å². The molecular formula is C13H10N4. The zero-order chi connectivity index (χ0) is 11.5. The van der Waals surface area contributed by atoms with Gasteiger partial charge in [-0.1, -0.05) is 6.07 Å². The summed E-state index contributed by atoms with van der Waals surface area (Å²) in [5, 5.41) is 4.30. The molecule has 0 aliphatic rings. The number of nitrogens with one attached hydrogen (secondary N) is 1. The first kappa shape index (κ1) is 9.72. The van der Waals surface area contributed by atoms with Crippen LogP contribution in [-0.2, 0) is 0 Å². The van der Waals surface area contributed by atoms with Crippen molar-refractivity contribution >= 4 is 22.4 Å². The zero-order valence-corrected chi connectivity index (χ0v) is 9.04. The summed E-state index contributed by atoms with van der Waals surface area (Å²) in [5.74, 6) is 0.726. The number of benzene rings is 1. The van der Waals surface area contributed by atoms with Gasteiger partial charge in [0.25, 0.3) is 0 Å². The first-order valence-corrected chi connectivity index (χ1v) is 5.30. The lowest BCUT2D eigenvalue weighted by Gasteiger charge is -2.07. The third-order valence-electron chi connectivity index (χ3n) is 2.47. The minimum absolute atomic E-state index is 0.726. The molecule has 2 heterocycles. The van der Waals surface area contributed by atoms with Crippen molar-refractivity contribution in [2.24, 2.45) is 0 Å². The number of aromatic nitrogens is 3. The summed E-state index contributed by atoms with van der Waals surface area (Å²) in [5.41, 5.74) is 1.94. The summed E-state index contributed by atoms with van der Waals surface area (Å²) in [4.78, 5) is 12.5. The average molecular weight is 222 g/mol. The summed E-state index contributed by atoms with van der Waals surface area (Å²) in [7, 11) is 0. The van der Waals surface area contributed by atoms with Crippen LogP contribution in [0, 0.1) is 0 Å². The van der Waals surface area contributed by atoms with E-state index in [9.17, 15) is 0 Å². The Kier molecular flexibility index (Phi) is 2.38.